The van der Waals surface area contributed by atoms with Gasteiger partial charge in [-0.15, -0.1) is 0 Å². The van der Waals surface area contributed by atoms with E-state index in [4.69, 9.17) is 17.0 Å². The number of thiocarbonyl (C=S) groups is 1. The number of alkyl halides is 3. The van der Waals surface area contributed by atoms with E-state index in [0.717, 1.165) is 13.0 Å². The van der Waals surface area contributed by atoms with Crippen molar-refractivity contribution in [2.75, 3.05) is 52.5 Å². The Balaban J connectivity index is 2.15. The Hall–Kier alpha value is -0.600. The van der Waals surface area contributed by atoms with Crippen molar-refractivity contribution in [3.63, 3.8) is 0 Å². The largest absolute Gasteiger partial charge is 0.401 e. The summed E-state index contributed by atoms with van der Waals surface area (Å²) < 4.78 is 42.0. The van der Waals surface area contributed by atoms with E-state index < -0.39 is 12.7 Å². The molecule has 1 aliphatic heterocycles. The maximum atomic E-state index is 12.3. The lowest BCUT2D eigenvalue weighted by atomic mass is 10.3. The van der Waals surface area contributed by atoms with Crippen LogP contribution in [0.1, 0.15) is 13.3 Å². The van der Waals surface area contributed by atoms with Crippen molar-refractivity contribution in [2.24, 2.45) is 0 Å². The molecule has 20 heavy (non-hydrogen) atoms. The Morgan fingerprint density at radius 2 is 1.90 bits per heavy atom. The van der Waals surface area contributed by atoms with Crippen molar-refractivity contribution in [2.45, 2.75) is 19.5 Å². The molecule has 1 rings (SSSR count). The monoisotopic (exact) mass is 313 g/mol. The average Bonchev–Trinajstić information content (AvgIpc) is 2.37. The Morgan fingerprint density at radius 3 is 2.45 bits per heavy atom. The lowest BCUT2D eigenvalue weighted by Gasteiger charge is -2.36. The number of nitrogens with one attached hydrogen (secondary N) is 1. The number of halogens is 3. The van der Waals surface area contributed by atoms with Crippen molar-refractivity contribution in [3.05, 3.63) is 0 Å². The summed E-state index contributed by atoms with van der Waals surface area (Å²) in [4.78, 5) is 3.33. The van der Waals surface area contributed by atoms with E-state index in [1.165, 1.54) is 4.90 Å². The molecule has 0 aliphatic carbocycles. The number of ether oxygens (including phenoxy) is 1. The Bertz CT molecular complexity index is 294. The van der Waals surface area contributed by atoms with Crippen LogP contribution in [0.3, 0.4) is 0 Å². The predicted molar refractivity (Wildman–Crippen MR) is 75.8 cm³/mol. The number of nitrogens with zero attached hydrogens (tertiary/aromatic N) is 2. The molecule has 0 aromatic rings. The van der Waals surface area contributed by atoms with Gasteiger partial charge in [0.25, 0.3) is 0 Å². The van der Waals surface area contributed by atoms with Crippen molar-refractivity contribution in [1.82, 2.24) is 15.1 Å². The van der Waals surface area contributed by atoms with E-state index in [9.17, 15) is 13.2 Å². The second-order valence-electron chi connectivity index (χ2n) is 4.66. The van der Waals surface area contributed by atoms with Gasteiger partial charge in [0.05, 0.1) is 6.54 Å². The molecule has 4 nitrogen and oxygen atoms in total. The third-order valence-electron chi connectivity index (χ3n) is 3.01. The highest BCUT2D eigenvalue weighted by atomic mass is 32.1. The van der Waals surface area contributed by atoms with Crippen LogP contribution in [-0.2, 0) is 4.74 Å². The summed E-state index contributed by atoms with van der Waals surface area (Å²) in [5.41, 5.74) is 0. The van der Waals surface area contributed by atoms with E-state index in [1.807, 2.05) is 11.8 Å². The van der Waals surface area contributed by atoms with Crippen LogP contribution in [0.25, 0.3) is 0 Å². The molecule has 0 aromatic heterocycles. The average molecular weight is 313 g/mol. The molecule has 8 heteroatoms. The first-order valence-electron chi connectivity index (χ1n) is 6.82. The molecule has 1 N–H and O–H groups in total. The van der Waals surface area contributed by atoms with Gasteiger partial charge < -0.3 is 15.0 Å². The number of hydrogen-bond acceptors (Lipinski definition) is 3. The van der Waals surface area contributed by atoms with Crippen LogP contribution in [0.15, 0.2) is 0 Å². The van der Waals surface area contributed by atoms with Crippen LogP contribution in [0, 0.1) is 0 Å². The lowest BCUT2D eigenvalue weighted by molar-refractivity contribution is -0.148. The Morgan fingerprint density at radius 1 is 1.25 bits per heavy atom. The smallest absolute Gasteiger partial charge is 0.382 e. The standard InChI is InChI=1S/C12H22F3N3OS/c1-2-19-9-3-4-16-11(20)18-7-5-17(6-8-18)10-12(13,14)15/h2-10H2,1H3,(H,16,20). The number of rotatable bonds is 6. The highest BCUT2D eigenvalue weighted by molar-refractivity contribution is 7.80. The summed E-state index contributed by atoms with van der Waals surface area (Å²) in [5, 5.41) is 3.73. The van der Waals surface area contributed by atoms with Gasteiger partial charge in [0.2, 0.25) is 0 Å². The molecule has 0 amide bonds. The van der Waals surface area contributed by atoms with Crippen LogP contribution in [-0.4, -0.2) is 73.6 Å². The molecular weight excluding hydrogens is 291 g/mol. The van der Waals surface area contributed by atoms with E-state index >= 15 is 0 Å². The van der Waals surface area contributed by atoms with Gasteiger partial charge in [0.15, 0.2) is 5.11 Å². The highest BCUT2D eigenvalue weighted by Gasteiger charge is 2.32. The molecule has 1 aliphatic rings. The molecule has 0 radical (unpaired) electrons. The zero-order valence-electron chi connectivity index (χ0n) is 11.7. The molecule has 0 atom stereocenters. The molecule has 1 heterocycles. The maximum absolute atomic E-state index is 12.3. The summed E-state index contributed by atoms with van der Waals surface area (Å²) in [6, 6.07) is 0. The predicted octanol–water partition coefficient (Wildman–Crippen LogP) is 1.47. The molecule has 0 aromatic carbocycles. The molecule has 118 valence electrons. The second-order valence-corrected chi connectivity index (χ2v) is 5.05. The van der Waals surface area contributed by atoms with Crippen molar-refractivity contribution < 1.29 is 17.9 Å². The van der Waals surface area contributed by atoms with E-state index in [2.05, 4.69) is 5.32 Å². The van der Waals surface area contributed by atoms with Crippen molar-refractivity contribution >= 4 is 17.3 Å². The zero-order valence-corrected chi connectivity index (χ0v) is 12.5. The fourth-order valence-electron chi connectivity index (χ4n) is 1.99. The van der Waals surface area contributed by atoms with Crippen LogP contribution >= 0.6 is 12.2 Å². The quantitative estimate of drug-likeness (QED) is 0.592. The highest BCUT2D eigenvalue weighted by Crippen LogP contribution is 2.17. The van der Waals surface area contributed by atoms with Crippen LogP contribution in [0.4, 0.5) is 13.2 Å². The minimum Gasteiger partial charge on any atom is -0.382 e. The van der Waals surface area contributed by atoms with Gasteiger partial charge >= 0.3 is 6.18 Å². The van der Waals surface area contributed by atoms with E-state index in [-0.39, 0.29) is 0 Å². The maximum Gasteiger partial charge on any atom is 0.401 e. The minimum atomic E-state index is -4.12. The first-order valence-corrected chi connectivity index (χ1v) is 7.23. The van der Waals surface area contributed by atoms with Gasteiger partial charge in [-0.25, -0.2) is 0 Å². The summed E-state index contributed by atoms with van der Waals surface area (Å²) in [7, 11) is 0. The first kappa shape index (κ1) is 17.5. The summed E-state index contributed by atoms with van der Waals surface area (Å²) >= 11 is 5.23. The number of piperazine rings is 1. The van der Waals surface area contributed by atoms with E-state index in [1.54, 1.807) is 0 Å². The molecule has 0 spiro atoms. The lowest BCUT2D eigenvalue weighted by Crippen LogP contribution is -2.53. The SMILES string of the molecule is CCOCCCNC(=S)N1CCN(CC(F)(F)F)CC1. The molecule has 0 unspecified atom stereocenters. The van der Waals surface area contributed by atoms with Crippen LogP contribution in [0.2, 0.25) is 0 Å². The Kier molecular flexibility index (Phi) is 7.53. The third-order valence-corrected chi connectivity index (χ3v) is 3.41. The van der Waals surface area contributed by atoms with Crippen LogP contribution in [0.5, 0.6) is 0 Å². The summed E-state index contributed by atoms with van der Waals surface area (Å²) in [6.45, 7) is 5.06. The van der Waals surface area contributed by atoms with Gasteiger partial charge in [0, 0.05) is 45.9 Å². The molecule has 1 saturated heterocycles. The molecule has 1 fully saturated rings. The van der Waals surface area contributed by atoms with E-state index in [0.29, 0.717) is 44.5 Å². The first-order chi connectivity index (χ1) is 9.42. The topological polar surface area (TPSA) is 27.7 Å². The van der Waals surface area contributed by atoms with Gasteiger partial charge in [-0.2, -0.15) is 13.2 Å². The van der Waals surface area contributed by atoms with Gasteiger partial charge in [-0.05, 0) is 25.6 Å². The number of hydrogen-bond donors (Lipinski definition) is 1. The third kappa shape index (κ3) is 7.25. The van der Waals surface area contributed by atoms with Gasteiger partial charge in [0.1, 0.15) is 0 Å². The minimum absolute atomic E-state index is 0.389. The molecule has 0 saturated carbocycles. The zero-order chi connectivity index (χ0) is 15.0. The second kappa shape index (κ2) is 8.63. The van der Waals surface area contributed by atoms with Crippen molar-refractivity contribution in [3.8, 4) is 0 Å². The van der Waals surface area contributed by atoms with Gasteiger partial charge in [-0.1, -0.05) is 0 Å². The fourth-order valence-corrected chi connectivity index (χ4v) is 2.27. The summed E-state index contributed by atoms with van der Waals surface area (Å²) in [6.07, 6.45) is -3.26. The fraction of sp³-hybridized carbons (Fsp3) is 0.917. The van der Waals surface area contributed by atoms with Crippen LogP contribution < -0.4 is 5.32 Å². The normalized spacial score (nSPS) is 17.3. The van der Waals surface area contributed by atoms with Gasteiger partial charge in [-0.3, -0.25) is 4.90 Å². The molecule has 0 bridgehead atoms. The molecular formula is C12H22F3N3OS. The Labute approximate surface area is 123 Å². The summed E-state index contributed by atoms with van der Waals surface area (Å²) in [5.74, 6) is 0. The van der Waals surface area contributed by atoms with Crippen molar-refractivity contribution in [1.29, 1.82) is 0 Å².